The highest BCUT2D eigenvalue weighted by Crippen LogP contribution is 2.24. The molecule has 0 atom stereocenters. The molecule has 110 valence electrons. The highest BCUT2D eigenvalue weighted by Gasteiger charge is 2.09. The van der Waals surface area contributed by atoms with Crippen molar-refractivity contribution in [3.63, 3.8) is 0 Å². The Labute approximate surface area is 134 Å². The Balaban J connectivity index is 1.89. The molecule has 0 saturated heterocycles. The van der Waals surface area contributed by atoms with E-state index in [-0.39, 0.29) is 5.57 Å². The molecule has 0 aliphatic rings. The van der Waals surface area contributed by atoms with Crippen LogP contribution in [0.15, 0.2) is 70.8 Å². The fraction of sp³-hybridized carbons (Fsp3) is 0.0526. The lowest BCUT2D eigenvalue weighted by Crippen LogP contribution is -1.99. The van der Waals surface area contributed by atoms with Crippen LogP contribution in [0.4, 0.5) is 0 Å². The third kappa shape index (κ3) is 3.23. The van der Waals surface area contributed by atoms with Gasteiger partial charge in [-0.1, -0.05) is 30.3 Å². The minimum Gasteiger partial charge on any atom is -0.455 e. The van der Waals surface area contributed by atoms with Crippen molar-refractivity contribution < 1.29 is 4.42 Å². The molecule has 0 radical (unpaired) electrons. The first kappa shape index (κ1) is 14.4. The van der Waals surface area contributed by atoms with Crippen molar-refractivity contribution in [1.29, 1.82) is 10.5 Å². The SMILES string of the molecule is N#CC(C#N)=Cc1ccc(-c2cccn2Cc2ccccc2)o1. The Hall–Kier alpha value is -3.50. The minimum absolute atomic E-state index is 0.0190. The monoisotopic (exact) mass is 299 g/mol. The Morgan fingerprint density at radius 2 is 1.78 bits per heavy atom. The zero-order valence-corrected chi connectivity index (χ0v) is 12.3. The van der Waals surface area contributed by atoms with Gasteiger partial charge in [0.05, 0.1) is 5.69 Å². The van der Waals surface area contributed by atoms with Crippen molar-refractivity contribution in [3.8, 4) is 23.6 Å². The number of allylic oxidation sites excluding steroid dienone is 1. The van der Waals surface area contributed by atoms with Gasteiger partial charge >= 0.3 is 0 Å². The molecule has 0 aliphatic heterocycles. The van der Waals surface area contributed by atoms with E-state index in [0.717, 1.165) is 12.2 Å². The van der Waals surface area contributed by atoms with Gasteiger partial charge in [0.25, 0.3) is 0 Å². The molecule has 3 aromatic rings. The molecule has 4 nitrogen and oxygen atoms in total. The van der Waals surface area contributed by atoms with Crippen molar-refractivity contribution in [1.82, 2.24) is 4.57 Å². The maximum atomic E-state index is 8.80. The summed E-state index contributed by atoms with van der Waals surface area (Å²) in [5.74, 6) is 1.19. The fourth-order valence-corrected chi connectivity index (χ4v) is 2.36. The quantitative estimate of drug-likeness (QED) is 0.677. The Kier molecular flexibility index (Phi) is 4.09. The van der Waals surface area contributed by atoms with E-state index in [9.17, 15) is 0 Å². The Morgan fingerprint density at radius 1 is 1.00 bits per heavy atom. The molecule has 23 heavy (non-hydrogen) atoms. The molecule has 0 spiro atoms. The van der Waals surface area contributed by atoms with Crippen molar-refractivity contribution >= 4 is 6.08 Å². The van der Waals surface area contributed by atoms with Gasteiger partial charge < -0.3 is 8.98 Å². The molecule has 0 saturated carbocycles. The van der Waals surface area contributed by atoms with Crippen LogP contribution in [-0.4, -0.2) is 4.57 Å². The zero-order chi connectivity index (χ0) is 16.1. The van der Waals surface area contributed by atoms with Gasteiger partial charge in [0.2, 0.25) is 0 Å². The number of furan rings is 1. The predicted molar refractivity (Wildman–Crippen MR) is 86.9 cm³/mol. The summed E-state index contributed by atoms with van der Waals surface area (Å²) in [5.41, 5.74) is 2.17. The topological polar surface area (TPSA) is 65.7 Å². The van der Waals surface area contributed by atoms with Gasteiger partial charge in [-0.2, -0.15) is 10.5 Å². The number of benzene rings is 1. The summed E-state index contributed by atoms with van der Waals surface area (Å²) < 4.78 is 7.84. The highest BCUT2D eigenvalue weighted by atomic mass is 16.3. The standard InChI is InChI=1S/C19H13N3O/c20-12-16(13-21)11-17-8-9-19(23-17)18-7-4-10-22(18)14-15-5-2-1-3-6-15/h1-11H,14H2. The number of nitrogens with zero attached hydrogens (tertiary/aromatic N) is 3. The van der Waals surface area contributed by atoms with E-state index in [1.807, 2.05) is 54.7 Å². The van der Waals surface area contributed by atoms with E-state index in [1.54, 1.807) is 6.07 Å². The first-order valence-electron chi connectivity index (χ1n) is 7.11. The lowest BCUT2D eigenvalue weighted by atomic mass is 10.2. The van der Waals surface area contributed by atoms with Crippen LogP contribution in [0.25, 0.3) is 17.5 Å². The maximum Gasteiger partial charge on any atom is 0.151 e. The molecule has 2 aromatic heterocycles. The second-order valence-corrected chi connectivity index (χ2v) is 4.99. The second-order valence-electron chi connectivity index (χ2n) is 4.99. The third-order valence-electron chi connectivity index (χ3n) is 3.43. The summed E-state index contributed by atoms with van der Waals surface area (Å²) in [6, 6.07) is 21.4. The Morgan fingerprint density at radius 3 is 2.52 bits per heavy atom. The lowest BCUT2D eigenvalue weighted by Gasteiger charge is -2.07. The number of rotatable bonds is 4. The van der Waals surface area contributed by atoms with Crippen molar-refractivity contribution in [2.45, 2.75) is 6.54 Å². The van der Waals surface area contributed by atoms with Gasteiger partial charge in [0.15, 0.2) is 5.76 Å². The molecule has 0 N–H and O–H groups in total. The van der Waals surface area contributed by atoms with Gasteiger partial charge in [-0.25, -0.2) is 0 Å². The van der Waals surface area contributed by atoms with E-state index in [1.165, 1.54) is 11.6 Å². The van der Waals surface area contributed by atoms with Crippen molar-refractivity contribution in [2.75, 3.05) is 0 Å². The van der Waals surface area contributed by atoms with Gasteiger partial charge in [-0.15, -0.1) is 0 Å². The predicted octanol–water partition coefficient (Wildman–Crippen LogP) is 4.23. The van der Waals surface area contributed by atoms with Crippen LogP contribution in [0, 0.1) is 22.7 Å². The first-order chi connectivity index (χ1) is 11.3. The summed E-state index contributed by atoms with van der Waals surface area (Å²) in [4.78, 5) is 0. The van der Waals surface area contributed by atoms with Gasteiger partial charge in [-0.05, 0) is 29.8 Å². The molecular weight excluding hydrogens is 286 g/mol. The largest absolute Gasteiger partial charge is 0.455 e. The molecule has 0 unspecified atom stereocenters. The fourth-order valence-electron chi connectivity index (χ4n) is 2.36. The summed E-state index contributed by atoms with van der Waals surface area (Å²) in [6.45, 7) is 0.747. The average Bonchev–Trinajstić information content (AvgIpc) is 3.22. The molecule has 4 heteroatoms. The first-order valence-corrected chi connectivity index (χ1v) is 7.11. The summed E-state index contributed by atoms with van der Waals surface area (Å²) in [6.07, 6.45) is 3.43. The second kappa shape index (κ2) is 6.51. The Bertz CT molecular complexity index is 901. The van der Waals surface area contributed by atoms with E-state index in [2.05, 4.69) is 16.7 Å². The molecule has 0 amide bonds. The normalized spacial score (nSPS) is 9.83. The molecule has 1 aromatic carbocycles. The van der Waals surface area contributed by atoms with Crippen molar-refractivity contribution in [2.24, 2.45) is 0 Å². The molecule has 2 heterocycles. The summed E-state index contributed by atoms with van der Waals surface area (Å²) in [5, 5.41) is 17.6. The van der Waals surface area contributed by atoms with Crippen LogP contribution < -0.4 is 0 Å². The molecular formula is C19H13N3O. The van der Waals surface area contributed by atoms with Crippen LogP contribution >= 0.6 is 0 Å². The van der Waals surface area contributed by atoms with E-state index >= 15 is 0 Å². The molecule has 0 aliphatic carbocycles. The van der Waals surface area contributed by atoms with Crippen LogP contribution in [-0.2, 0) is 6.54 Å². The van der Waals surface area contributed by atoms with Gasteiger partial charge in [0.1, 0.15) is 23.5 Å². The van der Waals surface area contributed by atoms with E-state index < -0.39 is 0 Å². The molecule has 0 bridgehead atoms. The minimum atomic E-state index is 0.0190. The van der Waals surface area contributed by atoms with Crippen LogP contribution in [0.5, 0.6) is 0 Å². The third-order valence-corrected chi connectivity index (χ3v) is 3.43. The maximum absolute atomic E-state index is 8.80. The summed E-state index contributed by atoms with van der Waals surface area (Å²) >= 11 is 0. The number of nitriles is 2. The van der Waals surface area contributed by atoms with E-state index in [4.69, 9.17) is 14.9 Å². The van der Waals surface area contributed by atoms with E-state index in [0.29, 0.717) is 11.5 Å². The summed E-state index contributed by atoms with van der Waals surface area (Å²) in [7, 11) is 0. The molecule has 3 rings (SSSR count). The number of aromatic nitrogens is 1. The van der Waals surface area contributed by atoms with Crippen LogP contribution in [0.3, 0.4) is 0 Å². The van der Waals surface area contributed by atoms with Gasteiger partial charge in [0, 0.05) is 18.8 Å². The van der Waals surface area contributed by atoms with Crippen molar-refractivity contribution in [3.05, 3.63) is 77.7 Å². The highest BCUT2D eigenvalue weighted by molar-refractivity contribution is 5.62. The van der Waals surface area contributed by atoms with Gasteiger partial charge in [-0.3, -0.25) is 0 Å². The average molecular weight is 299 g/mol. The lowest BCUT2D eigenvalue weighted by molar-refractivity contribution is 0.564. The molecule has 0 fully saturated rings. The van der Waals surface area contributed by atoms with Crippen LogP contribution in [0.2, 0.25) is 0 Å². The van der Waals surface area contributed by atoms with Crippen LogP contribution in [0.1, 0.15) is 11.3 Å². The number of hydrogen-bond donors (Lipinski definition) is 0. The zero-order valence-electron chi connectivity index (χ0n) is 12.3. The smallest absolute Gasteiger partial charge is 0.151 e. The number of hydrogen-bond acceptors (Lipinski definition) is 3.